The summed E-state index contributed by atoms with van der Waals surface area (Å²) in [6, 6.07) is 8.50. The van der Waals surface area contributed by atoms with Gasteiger partial charge in [-0.05, 0) is 43.2 Å². The first kappa shape index (κ1) is 14.9. The van der Waals surface area contributed by atoms with Crippen LogP contribution in [0.5, 0.6) is 0 Å². The van der Waals surface area contributed by atoms with Crippen LogP contribution in [0.2, 0.25) is 0 Å². The monoisotopic (exact) mass is 346 g/mol. The summed E-state index contributed by atoms with van der Waals surface area (Å²) in [5.74, 6) is 1.24. The van der Waals surface area contributed by atoms with Crippen molar-refractivity contribution in [3.8, 4) is 11.3 Å². The second-order valence-corrected chi connectivity index (χ2v) is 6.25. The molecular weight excluding hydrogens is 331 g/mol. The summed E-state index contributed by atoms with van der Waals surface area (Å²) in [7, 11) is 0. The van der Waals surface area contributed by atoms with Gasteiger partial charge in [0.25, 0.3) is 0 Å². The molecule has 1 fully saturated rings. The number of anilines is 2. The third-order valence-corrected chi connectivity index (χ3v) is 4.43. The fourth-order valence-corrected chi connectivity index (χ4v) is 3.10. The van der Waals surface area contributed by atoms with Crippen molar-refractivity contribution in [2.45, 2.75) is 18.9 Å². The standard InChI is InChI=1S/C19H15FN6/c20-14-4-2-13(3-5-14)17-18(25-11-10-21-12-16(25)24-17)26(15-6-7-15)19-22-8-1-9-23-19/h1-5,8-12,15H,6-7H2. The van der Waals surface area contributed by atoms with Gasteiger partial charge in [0.2, 0.25) is 5.95 Å². The van der Waals surface area contributed by atoms with Gasteiger partial charge in [-0.2, -0.15) is 0 Å². The third kappa shape index (κ3) is 2.48. The molecular formula is C19H15FN6. The number of benzene rings is 1. The average molecular weight is 346 g/mol. The van der Waals surface area contributed by atoms with Gasteiger partial charge >= 0.3 is 0 Å². The Morgan fingerprint density at radius 3 is 2.54 bits per heavy atom. The molecule has 0 amide bonds. The number of fused-ring (bicyclic) bond motifs is 1. The maximum atomic E-state index is 13.4. The number of halogens is 1. The second kappa shape index (κ2) is 5.87. The summed E-state index contributed by atoms with van der Waals surface area (Å²) in [5, 5.41) is 0. The van der Waals surface area contributed by atoms with Gasteiger partial charge in [-0.1, -0.05) is 0 Å². The van der Waals surface area contributed by atoms with E-state index >= 15 is 0 Å². The van der Waals surface area contributed by atoms with E-state index in [-0.39, 0.29) is 5.82 Å². The summed E-state index contributed by atoms with van der Waals surface area (Å²) in [6.45, 7) is 0. The van der Waals surface area contributed by atoms with Crippen LogP contribution in [-0.4, -0.2) is 30.4 Å². The van der Waals surface area contributed by atoms with Crippen molar-refractivity contribution in [2.75, 3.05) is 4.90 Å². The summed E-state index contributed by atoms with van der Waals surface area (Å²) in [4.78, 5) is 19.9. The molecule has 0 spiro atoms. The molecule has 3 aromatic heterocycles. The molecule has 0 saturated heterocycles. The van der Waals surface area contributed by atoms with Crippen molar-refractivity contribution < 1.29 is 4.39 Å². The smallest absolute Gasteiger partial charge is 0.231 e. The molecule has 3 heterocycles. The van der Waals surface area contributed by atoms with E-state index in [1.165, 1.54) is 12.1 Å². The molecule has 1 aliphatic carbocycles. The van der Waals surface area contributed by atoms with Crippen LogP contribution in [0.3, 0.4) is 0 Å². The lowest BCUT2D eigenvalue weighted by molar-refractivity contribution is 0.628. The Morgan fingerprint density at radius 1 is 1.04 bits per heavy atom. The molecule has 0 aliphatic heterocycles. The molecule has 0 N–H and O–H groups in total. The van der Waals surface area contributed by atoms with Gasteiger partial charge in [0.05, 0.1) is 6.20 Å². The molecule has 7 heteroatoms. The van der Waals surface area contributed by atoms with E-state index in [0.29, 0.717) is 12.0 Å². The molecule has 26 heavy (non-hydrogen) atoms. The molecule has 0 unspecified atom stereocenters. The van der Waals surface area contributed by atoms with Gasteiger partial charge in [-0.3, -0.25) is 14.3 Å². The lowest BCUT2D eigenvalue weighted by Gasteiger charge is -2.23. The van der Waals surface area contributed by atoms with Crippen molar-refractivity contribution in [2.24, 2.45) is 0 Å². The zero-order valence-corrected chi connectivity index (χ0v) is 13.8. The maximum absolute atomic E-state index is 13.4. The van der Waals surface area contributed by atoms with Crippen molar-refractivity contribution >= 4 is 17.4 Å². The fraction of sp³-hybridized carbons (Fsp3) is 0.158. The van der Waals surface area contributed by atoms with Gasteiger partial charge in [-0.25, -0.2) is 19.3 Å². The highest BCUT2D eigenvalue weighted by Crippen LogP contribution is 2.41. The largest absolute Gasteiger partial charge is 0.291 e. The van der Waals surface area contributed by atoms with Crippen LogP contribution in [0.25, 0.3) is 16.9 Å². The number of aromatic nitrogens is 5. The first-order valence-corrected chi connectivity index (χ1v) is 8.45. The van der Waals surface area contributed by atoms with Crippen molar-refractivity contribution in [3.63, 3.8) is 0 Å². The summed E-state index contributed by atoms with van der Waals surface area (Å²) < 4.78 is 15.4. The molecule has 128 valence electrons. The third-order valence-electron chi connectivity index (χ3n) is 4.43. The number of hydrogen-bond acceptors (Lipinski definition) is 5. The summed E-state index contributed by atoms with van der Waals surface area (Å²) >= 11 is 0. The molecule has 5 rings (SSSR count). The molecule has 0 radical (unpaired) electrons. The first-order valence-electron chi connectivity index (χ1n) is 8.45. The molecule has 1 aliphatic rings. The van der Waals surface area contributed by atoms with Gasteiger partial charge in [0, 0.05) is 36.4 Å². The predicted molar refractivity (Wildman–Crippen MR) is 95.6 cm³/mol. The lowest BCUT2D eigenvalue weighted by Crippen LogP contribution is -2.23. The van der Waals surface area contributed by atoms with E-state index in [9.17, 15) is 4.39 Å². The Balaban J connectivity index is 1.77. The Hall–Kier alpha value is -3.35. The minimum atomic E-state index is -0.272. The van der Waals surface area contributed by atoms with E-state index in [0.717, 1.165) is 35.6 Å². The zero-order chi connectivity index (χ0) is 17.5. The molecule has 1 saturated carbocycles. The highest BCUT2D eigenvalue weighted by atomic mass is 19.1. The highest BCUT2D eigenvalue weighted by Gasteiger charge is 2.36. The Kier molecular flexibility index (Phi) is 3.38. The summed E-state index contributed by atoms with van der Waals surface area (Å²) in [5.41, 5.74) is 2.33. The maximum Gasteiger partial charge on any atom is 0.231 e. The van der Waals surface area contributed by atoms with Crippen molar-refractivity contribution in [1.82, 2.24) is 24.3 Å². The number of rotatable bonds is 4. The quantitative estimate of drug-likeness (QED) is 0.565. The van der Waals surface area contributed by atoms with Crippen molar-refractivity contribution in [1.29, 1.82) is 0 Å². The van der Waals surface area contributed by atoms with Gasteiger partial charge < -0.3 is 0 Å². The molecule has 4 aromatic rings. The summed E-state index contributed by atoms with van der Waals surface area (Å²) in [6.07, 6.45) is 10.9. The SMILES string of the molecule is Fc1ccc(-c2nc3cnccn3c2N(c2ncccn2)C2CC2)cc1. The molecule has 1 aromatic carbocycles. The van der Waals surface area contributed by atoms with Crippen LogP contribution < -0.4 is 4.90 Å². The van der Waals surface area contributed by atoms with Gasteiger partial charge in [-0.15, -0.1) is 0 Å². The molecule has 0 atom stereocenters. The minimum absolute atomic E-state index is 0.272. The topological polar surface area (TPSA) is 59.2 Å². The molecule has 0 bridgehead atoms. The fourth-order valence-electron chi connectivity index (χ4n) is 3.10. The van der Waals surface area contributed by atoms with Crippen LogP contribution >= 0.6 is 0 Å². The van der Waals surface area contributed by atoms with Crippen LogP contribution in [0.1, 0.15) is 12.8 Å². The van der Waals surface area contributed by atoms with E-state index in [2.05, 4.69) is 19.9 Å². The lowest BCUT2D eigenvalue weighted by atomic mass is 10.1. The number of nitrogens with zero attached hydrogens (tertiary/aromatic N) is 6. The van der Waals surface area contributed by atoms with Crippen LogP contribution in [0.15, 0.2) is 61.3 Å². The minimum Gasteiger partial charge on any atom is -0.291 e. The van der Waals surface area contributed by atoms with Gasteiger partial charge in [0.15, 0.2) is 5.65 Å². The van der Waals surface area contributed by atoms with E-state index in [4.69, 9.17) is 4.98 Å². The van der Waals surface area contributed by atoms with Crippen molar-refractivity contribution in [3.05, 3.63) is 67.1 Å². The number of imidazole rings is 1. The van der Waals surface area contributed by atoms with Crippen LogP contribution in [-0.2, 0) is 0 Å². The second-order valence-electron chi connectivity index (χ2n) is 6.25. The number of hydrogen-bond donors (Lipinski definition) is 0. The van der Waals surface area contributed by atoms with E-state index in [1.807, 2.05) is 10.6 Å². The normalized spacial score (nSPS) is 13.9. The Bertz CT molecular complexity index is 1060. The predicted octanol–water partition coefficient (Wildman–Crippen LogP) is 3.63. The van der Waals surface area contributed by atoms with E-state index in [1.54, 1.807) is 43.0 Å². The Morgan fingerprint density at radius 2 is 1.81 bits per heavy atom. The van der Waals surface area contributed by atoms with Gasteiger partial charge in [0.1, 0.15) is 17.3 Å². The zero-order valence-electron chi connectivity index (χ0n) is 13.8. The average Bonchev–Trinajstić information content (AvgIpc) is 3.45. The Labute approximate surface area is 149 Å². The van der Waals surface area contributed by atoms with Crippen LogP contribution in [0, 0.1) is 5.82 Å². The highest BCUT2D eigenvalue weighted by molar-refractivity contribution is 5.80. The first-order chi connectivity index (χ1) is 12.8. The molecule has 6 nitrogen and oxygen atoms in total. The van der Waals surface area contributed by atoms with E-state index < -0.39 is 0 Å². The van der Waals surface area contributed by atoms with Crippen LogP contribution in [0.4, 0.5) is 16.2 Å².